The van der Waals surface area contributed by atoms with Gasteiger partial charge in [0.25, 0.3) is 0 Å². The summed E-state index contributed by atoms with van der Waals surface area (Å²) >= 11 is 0. The fourth-order valence-corrected chi connectivity index (χ4v) is 1.15. The molecule has 1 rings (SSSR count). The summed E-state index contributed by atoms with van der Waals surface area (Å²) < 4.78 is 5.25. The van der Waals surface area contributed by atoms with Crippen LogP contribution >= 0.6 is 0 Å². The van der Waals surface area contributed by atoms with E-state index in [0.29, 0.717) is 17.9 Å². The van der Waals surface area contributed by atoms with Crippen molar-refractivity contribution in [3.05, 3.63) is 42.0 Å². The summed E-state index contributed by atoms with van der Waals surface area (Å²) in [6.07, 6.45) is 0. The molecule has 0 bridgehead atoms. The summed E-state index contributed by atoms with van der Waals surface area (Å²) in [7, 11) is 0. The van der Waals surface area contributed by atoms with E-state index in [1.807, 2.05) is 19.1 Å². The highest BCUT2D eigenvalue weighted by Crippen LogP contribution is 2.14. The maximum Gasteiger partial charge on any atom is 0.159 e. The highest BCUT2D eigenvalue weighted by molar-refractivity contribution is 5.94. The van der Waals surface area contributed by atoms with Gasteiger partial charge >= 0.3 is 0 Å². The predicted octanol–water partition coefficient (Wildman–Crippen LogP) is 2.90. The second kappa shape index (κ2) is 4.61. The molecular weight excluding hydrogens is 176 g/mol. The van der Waals surface area contributed by atoms with E-state index in [4.69, 9.17) is 4.74 Å². The molecule has 74 valence electrons. The molecule has 2 nitrogen and oxygen atoms in total. The van der Waals surface area contributed by atoms with Gasteiger partial charge in [-0.25, -0.2) is 0 Å². The van der Waals surface area contributed by atoms with Crippen molar-refractivity contribution in [1.82, 2.24) is 0 Å². The second-order valence-corrected chi connectivity index (χ2v) is 2.99. The number of ketones is 1. The summed E-state index contributed by atoms with van der Waals surface area (Å²) in [5, 5.41) is 0. The first kappa shape index (κ1) is 10.5. The van der Waals surface area contributed by atoms with Crippen LogP contribution in [0.1, 0.15) is 29.8 Å². The van der Waals surface area contributed by atoms with E-state index >= 15 is 0 Å². The van der Waals surface area contributed by atoms with Crippen LogP contribution in [0.15, 0.2) is 30.8 Å². The SMILES string of the molecule is C=C(OCC)c1ccc(C(C)=O)cc1. The standard InChI is InChI=1S/C12H14O2/c1-4-14-10(3)12-7-5-11(6-8-12)9(2)13/h5-8H,3-4H2,1-2H3. The third-order valence-corrected chi connectivity index (χ3v) is 1.93. The molecule has 14 heavy (non-hydrogen) atoms. The van der Waals surface area contributed by atoms with Gasteiger partial charge in [-0.15, -0.1) is 0 Å². The highest BCUT2D eigenvalue weighted by atomic mass is 16.5. The molecule has 0 radical (unpaired) electrons. The van der Waals surface area contributed by atoms with Gasteiger partial charge in [0.15, 0.2) is 5.78 Å². The molecule has 0 heterocycles. The van der Waals surface area contributed by atoms with Gasteiger partial charge in [0, 0.05) is 11.1 Å². The molecule has 0 spiro atoms. The molecule has 0 fully saturated rings. The van der Waals surface area contributed by atoms with Crippen molar-refractivity contribution in [3.8, 4) is 0 Å². The minimum atomic E-state index is 0.0681. The Balaban J connectivity index is 2.83. The number of Topliss-reactive ketones (excluding diaryl/α,β-unsaturated/α-hetero) is 1. The zero-order valence-electron chi connectivity index (χ0n) is 8.54. The lowest BCUT2D eigenvalue weighted by molar-refractivity contribution is 0.101. The van der Waals surface area contributed by atoms with E-state index in [1.54, 1.807) is 19.1 Å². The monoisotopic (exact) mass is 190 g/mol. The highest BCUT2D eigenvalue weighted by Gasteiger charge is 2.01. The maximum absolute atomic E-state index is 11.0. The van der Waals surface area contributed by atoms with Crippen LogP contribution in [0.4, 0.5) is 0 Å². The Morgan fingerprint density at radius 3 is 2.21 bits per heavy atom. The van der Waals surface area contributed by atoms with Crippen LogP contribution in [0.25, 0.3) is 5.76 Å². The van der Waals surface area contributed by atoms with Crippen molar-refractivity contribution in [2.45, 2.75) is 13.8 Å². The van der Waals surface area contributed by atoms with Gasteiger partial charge in [0.2, 0.25) is 0 Å². The van der Waals surface area contributed by atoms with Gasteiger partial charge in [-0.05, 0) is 13.8 Å². The maximum atomic E-state index is 11.0. The molecule has 0 aliphatic carbocycles. The van der Waals surface area contributed by atoms with E-state index in [-0.39, 0.29) is 5.78 Å². The summed E-state index contributed by atoms with van der Waals surface area (Å²) in [5.41, 5.74) is 1.62. The van der Waals surface area contributed by atoms with E-state index < -0.39 is 0 Å². The van der Waals surface area contributed by atoms with Crippen molar-refractivity contribution < 1.29 is 9.53 Å². The van der Waals surface area contributed by atoms with Crippen molar-refractivity contribution in [1.29, 1.82) is 0 Å². The van der Waals surface area contributed by atoms with Gasteiger partial charge in [0.05, 0.1) is 6.61 Å². The number of benzene rings is 1. The first-order valence-electron chi connectivity index (χ1n) is 4.58. The molecule has 0 saturated heterocycles. The Morgan fingerprint density at radius 1 is 1.29 bits per heavy atom. The quantitative estimate of drug-likeness (QED) is 0.539. The summed E-state index contributed by atoms with van der Waals surface area (Å²) in [5.74, 6) is 0.709. The molecule has 0 unspecified atom stereocenters. The molecule has 0 aromatic heterocycles. The zero-order chi connectivity index (χ0) is 10.6. The topological polar surface area (TPSA) is 26.3 Å². The predicted molar refractivity (Wildman–Crippen MR) is 57.1 cm³/mol. The van der Waals surface area contributed by atoms with Crippen LogP contribution in [-0.4, -0.2) is 12.4 Å². The molecule has 1 aromatic rings. The lowest BCUT2D eigenvalue weighted by Gasteiger charge is -2.06. The Bertz CT molecular complexity index is 336. The number of rotatable bonds is 4. The second-order valence-electron chi connectivity index (χ2n) is 2.99. The molecule has 0 aliphatic rings. The molecule has 2 heteroatoms. The summed E-state index contributed by atoms with van der Waals surface area (Å²) in [4.78, 5) is 11.0. The zero-order valence-corrected chi connectivity index (χ0v) is 8.54. The van der Waals surface area contributed by atoms with E-state index in [9.17, 15) is 4.79 Å². The van der Waals surface area contributed by atoms with Crippen LogP contribution in [0.5, 0.6) is 0 Å². The smallest absolute Gasteiger partial charge is 0.159 e. The van der Waals surface area contributed by atoms with E-state index in [2.05, 4.69) is 6.58 Å². The van der Waals surface area contributed by atoms with Crippen molar-refractivity contribution in [2.75, 3.05) is 6.61 Å². The van der Waals surface area contributed by atoms with Crippen LogP contribution in [-0.2, 0) is 4.74 Å². The molecule has 0 aliphatic heterocycles. The number of hydrogen-bond donors (Lipinski definition) is 0. The van der Waals surface area contributed by atoms with Gasteiger partial charge < -0.3 is 4.74 Å². The fraction of sp³-hybridized carbons (Fsp3) is 0.250. The average Bonchev–Trinajstić information content (AvgIpc) is 2.18. The Labute approximate surface area is 84.2 Å². The lowest BCUT2D eigenvalue weighted by Crippen LogP contribution is -1.93. The van der Waals surface area contributed by atoms with Crippen molar-refractivity contribution in [2.24, 2.45) is 0 Å². The van der Waals surface area contributed by atoms with Gasteiger partial charge in [-0.2, -0.15) is 0 Å². The number of ether oxygens (including phenoxy) is 1. The third-order valence-electron chi connectivity index (χ3n) is 1.93. The van der Waals surface area contributed by atoms with Crippen LogP contribution < -0.4 is 0 Å². The molecule has 0 saturated carbocycles. The van der Waals surface area contributed by atoms with E-state index in [0.717, 1.165) is 5.56 Å². The molecular formula is C12H14O2. The minimum absolute atomic E-state index is 0.0681. The lowest BCUT2D eigenvalue weighted by atomic mass is 10.1. The fourth-order valence-electron chi connectivity index (χ4n) is 1.15. The van der Waals surface area contributed by atoms with Crippen LogP contribution in [0, 0.1) is 0 Å². The van der Waals surface area contributed by atoms with Crippen LogP contribution in [0.3, 0.4) is 0 Å². The van der Waals surface area contributed by atoms with Crippen LogP contribution in [0.2, 0.25) is 0 Å². The third kappa shape index (κ3) is 2.46. The molecule has 0 atom stereocenters. The summed E-state index contributed by atoms with van der Waals surface area (Å²) in [6, 6.07) is 7.24. The molecule has 1 aromatic carbocycles. The first-order chi connectivity index (χ1) is 6.65. The summed E-state index contributed by atoms with van der Waals surface area (Å²) in [6.45, 7) is 7.85. The number of hydrogen-bond acceptors (Lipinski definition) is 2. The average molecular weight is 190 g/mol. The molecule has 0 N–H and O–H groups in total. The molecule has 0 amide bonds. The normalized spacial score (nSPS) is 9.57. The Morgan fingerprint density at radius 2 is 1.79 bits per heavy atom. The van der Waals surface area contributed by atoms with Gasteiger partial charge in [-0.3, -0.25) is 4.79 Å². The van der Waals surface area contributed by atoms with Gasteiger partial charge in [0.1, 0.15) is 5.76 Å². The number of carbonyl (C=O) groups excluding carboxylic acids is 1. The van der Waals surface area contributed by atoms with Crippen molar-refractivity contribution >= 4 is 11.5 Å². The number of carbonyl (C=O) groups is 1. The first-order valence-corrected chi connectivity index (χ1v) is 4.58. The van der Waals surface area contributed by atoms with Gasteiger partial charge in [-0.1, -0.05) is 30.8 Å². The largest absolute Gasteiger partial charge is 0.494 e. The van der Waals surface area contributed by atoms with E-state index in [1.165, 1.54) is 0 Å². The Hall–Kier alpha value is -1.57. The Kier molecular flexibility index (Phi) is 3.46. The van der Waals surface area contributed by atoms with Crippen molar-refractivity contribution in [3.63, 3.8) is 0 Å². The minimum Gasteiger partial charge on any atom is -0.494 e.